The summed E-state index contributed by atoms with van der Waals surface area (Å²) in [6.45, 7) is 6.69. The molecule has 0 heterocycles. The average Bonchev–Trinajstić information content (AvgIpc) is 2.48. The molecule has 0 fully saturated rings. The molecule has 0 spiro atoms. The second-order valence-corrected chi connectivity index (χ2v) is 4.86. The first-order chi connectivity index (χ1) is 9.67. The van der Waals surface area contributed by atoms with Crippen LogP contribution >= 0.6 is 0 Å². The Hall–Kier alpha value is -1.55. The van der Waals surface area contributed by atoms with Crippen molar-refractivity contribution in [3.05, 3.63) is 29.8 Å². The maximum absolute atomic E-state index is 11.6. The third-order valence-electron chi connectivity index (χ3n) is 3.20. The molecule has 0 bridgehead atoms. The predicted molar refractivity (Wildman–Crippen MR) is 81.9 cm³/mol. The third kappa shape index (κ3) is 6.06. The SMILES string of the molecule is CCCCOc1ccc(CNCC(=O)N(C)CC)cc1. The lowest BCUT2D eigenvalue weighted by Crippen LogP contribution is -2.35. The van der Waals surface area contributed by atoms with Gasteiger partial charge < -0.3 is 15.0 Å². The number of hydrogen-bond donors (Lipinski definition) is 1. The van der Waals surface area contributed by atoms with Crippen molar-refractivity contribution in [1.82, 2.24) is 10.2 Å². The molecule has 1 aromatic rings. The van der Waals surface area contributed by atoms with Gasteiger partial charge in [-0.15, -0.1) is 0 Å². The molecule has 20 heavy (non-hydrogen) atoms. The maximum atomic E-state index is 11.6. The number of nitrogens with zero attached hydrogens (tertiary/aromatic N) is 1. The van der Waals surface area contributed by atoms with Crippen LogP contribution in [0, 0.1) is 0 Å². The van der Waals surface area contributed by atoms with Gasteiger partial charge in [0.15, 0.2) is 0 Å². The molecule has 112 valence electrons. The van der Waals surface area contributed by atoms with Crippen LogP contribution in [0.2, 0.25) is 0 Å². The summed E-state index contributed by atoms with van der Waals surface area (Å²) >= 11 is 0. The molecule has 0 unspecified atom stereocenters. The van der Waals surface area contributed by atoms with Gasteiger partial charge in [-0.25, -0.2) is 0 Å². The van der Waals surface area contributed by atoms with E-state index in [-0.39, 0.29) is 5.91 Å². The lowest BCUT2D eigenvalue weighted by Gasteiger charge is -2.14. The predicted octanol–water partition coefficient (Wildman–Crippen LogP) is 2.43. The molecule has 0 aromatic heterocycles. The normalized spacial score (nSPS) is 10.3. The van der Waals surface area contributed by atoms with Gasteiger partial charge in [-0.05, 0) is 31.0 Å². The molecule has 0 atom stereocenters. The van der Waals surface area contributed by atoms with Gasteiger partial charge in [0.25, 0.3) is 0 Å². The minimum Gasteiger partial charge on any atom is -0.494 e. The van der Waals surface area contributed by atoms with Crippen LogP contribution in [0.4, 0.5) is 0 Å². The van der Waals surface area contributed by atoms with Crippen LogP contribution in [0.25, 0.3) is 0 Å². The van der Waals surface area contributed by atoms with Crippen molar-refractivity contribution < 1.29 is 9.53 Å². The topological polar surface area (TPSA) is 41.6 Å². The molecular formula is C16H26N2O2. The van der Waals surface area contributed by atoms with Gasteiger partial charge >= 0.3 is 0 Å². The molecule has 1 amide bonds. The quantitative estimate of drug-likeness (QED) is 0.705. The monoisotopic (exact) mass is 278 g/mol. The van der Waals surface area contributed by atoms with E-state index in [1.165, 1.54) is 0 Å². The molecule has 4 nitrogen and oxygen atoms in total. The van der Waals surface area contributed by atoms with E-state index in [2.05, 4.69) is 12.2 Å². The largest absolute Gasteiger partial charge is 0.494 e. The van der Waals surface area contributed by atoms with E-state index in [0.29, 0.717) is 13.1 Å². The lowest BCUT2D eigenvalue weighted by atomic mass is 10.2. The number of carbonyl (C=O) groups excluding carboxylic acids is 1. The number of carbonyl (C=O) groups is 1. The van der Waals surface area contributed by atoms with Crippen molar-refractivity contribution in [3.8, 4) is 5.75 Å². The van der Waals surface area contributed by atoms with Crippen molar-refractivity contribution in [3.63, 3.8) is 0 Å². The molecule has 0 aliphatic rings. The molecule has 1 N–H and O–H groups in total. The van der Waals surface area contributed by atoms with Crippen LogP contribution in [0.15, 0.2) is 24.3 Å². The van der Waals surface area contributed by atoms with Crippen molar-refractivity contribution in [2.24, 2.45) is 0 Å². The smallest absolute Gasteiger partial charge is 0.236 e. The number of amides is 1. The summed E-state index contributed by atoms with van der Waals surface area (Å²) in [6, 6.07) is 8.02. The van der Waals surface area contributed by atoms with E-state index in [9.17, 15) is 4.79 Å². The van der Waals surface area contributed by atoms with Crippen molar-refractivity contribution >= 4 is 5.91 Å². The van der Waals surface area contributed by atoms with E-state index >= 15 is 0 Å². The highest BCUT2D eigenvalue weighted by molar-refractivity contribution is 5.77. The van der Waals surface area contributed by atoms with E-state index in [0.717, 1.165) is 37.3 Å². The molecule has 1 aromatic carbocycles. The molecule has 0 aliphatic heterocycles. The third-order valence-corrected chi connectivity index (χ3v) is 3.20. The molecular weight excluding hydrogens is 252 g/mol. The number of likely N-dealkylation sites (N-methyl/N-ethyl adjacent to an activating group) is 1. The van der Waals surface area contributed by atoms with Gasteiger partial charge in [0.05, 0.1) is 13.2 Å². The van der Waals surface area contributed by atoms with E-state index in [4.69, 9.17) is 4.74 Å². The Kier molecular flexibility index (Phi) is 7.73. The molecule has 4 heteroatoms. The van der Waals surface area contributed by atoms with E-state index in [1.54, 1.807) is 4.90 Å². The Morgan fingerprint density at radius 3 is 2.55 bits per heavy atom. The minimum atomic E-state index is 0.118. The van der Waals surface area contributed by atoms with Crippen LogP contribution in [0.1, 0.15) is 32.3 Å². The zero-order valence-corrected chi connectivity index (χ0v) is 12.8. The van der Waals surface area contributed by atoms with E-state index < -0.39 is 0 Å². The van der Waals surface area contributed by atoms with Gasteiger partial charge in [0.1, 0.15) is 5.75 Å². The van der Waals surface area contributed by atoms with Gasteiger partial charge in [-0.3, -0.25) is 4.79 Å². The molecule has 0 saturated heterocycles. The summed E-state index contributed by atoms with van der Waals surface area (Å²) in [4.78, 5) is 13.3. The van der Waals surface area contributed by atoms with Crippen molar-refractivity contribution in [2.75, 3.05) is 26.7 Å². The van der Waals surface area contributed by atoms with Crippen LogP contribution in [0.3, 0.4) is 0 Å². The van der Waals surface area contributed by atoms with Crippen molar-refractivity contribution in [1.29, 1.82) is 0 Å². The first kappa shape index (κ1) is 16.5. The second-order valence-electron chi connectivity index (χ2n) is 4.86. The average molecular weight is 278 g/mol. The Balaban J connectivity index is 2.29. The molecule has 0 saturated carbocycles. The molecule has 1 rings (SSSR count). The fraction of sp³-hybridized carbons (Fsp3) is 0.562. The lowest BCUT2D eigenvalue weighted by molar-refractivity contribution is -0.128. The summed E-state index contributed by atoms with van der Waals surface area (Å²) in [6.07, 6.45) is 2.22. The minimum absolute atomic E-state index is 0.118. The van der Waals surface area contributed by atoms with E-state index in [1.807, 2.05) is 38.2 Å². The Labute approximate surface area is 122 Å². The second kappa shape index (κ2) is 9.37. The maximum Gasteiger partial charge on any atom is 0.236 e. The number of unbranched alkanes of at least 4 members (excludes halogenated alkanes) is 1. The van der Waals surface area contributed by atoms with Crippen molar-refractivity contribution in [2.45, 2.75) is 33.2 Å². The number of nitrogens with one attached hydrogen (secondary N) is 1. The number of rotatable bonds is 9. The standard InChI is InChI=1S/C16H26N2O2/c1-4-6-11-20-15-9-7-14(8-10-15)12-17-13-16(19)18(3)5-2/h7-10,17H,4-6,11-13H2,1-3H3. The Morgan fingerprint density at radius 2 is 1.95 bits per heavy atom. The summed E-state index contributed by atoms with van der Waals surface area (Å²) in [7, 11) is 1.81. The summed E-state index contributed by atoms with van der Waals surface area (Å²) in [5, 5.41) is 3.16. The van der Waals surface area contributed by atoms with Gasteiger partial charge in [-0.2, -0.15) is 0 Å². The first-order valence-electron chi connectivity index (χ1n) is 7.33. The fourth-order valence-electron chi connectivity index (χ4n) is 1.66. The number of ether oxygens (including phenoxy) is 1. The zero-order valence-electron chi connectivity index (χ0n) is 12.8. The zero-order chi connectivity index (χ0) is 14.8. The number of benzene rings is 1. The Bertz CT molecular complexity index is 390. The highest BCUT2D eigenvalue weighted by Crippen LogP contribution is 2.12. The highest BCUT2D eigenvalue weighted by Gasteiger charge is 2.05. The summed E-state index contributed by atoms with van der Waals surface area (Å²) in [5.41, 5.74) is 1.15. The summed E-state index contributed by atoms with van der Waals surface area (Å²) < 4.78 is 5.61. The first-order valence-corrected chi connectivity index (χ1v) is 7.33. The van der Waals surface area contributed by atoms with Crippen LogP contribution in [-0.4, -0.2) is 37.6 Å². The van der Waals surface area contributed by atoms with Crippen LogP contribution < -0.4 is 10.1 Å². The van der Waals surface area contributed by atoms with Gasteiger partial charge in [-0.1, -0.05) is 25.5 Å². The summed E-state index contributed by atoms with van der Waals surface area (Å²) in [5.74, 6) is 1.02. The molecule has 0 aliphatic carbocycles. The fourth-order valence-corrected chi connectivity index (χ4v) is 1.66. The molecule has 0 radical (unpaired) electrons. The van der Waals surface area contributed by atoms with Crippen LogP contribution in [-0.2, 0) is 11.3 Å². The van der Waals surface area contributed by atoms with Gasteiger partial charge in [0, 0.05) is 20.1 Å². The Morgan fingerprint density at radius 1 is 1.25 bits per heavy atom. The van der Waals surface area contributed by atoms with Gasteiger partial charge in [0.2, 0.25) is 5.91 Å². The number of hydrogen-bond acceptors (Lipinski definition) is 3. The highest BCUT2D eigenvalue weighted by atomic mass is 16.5. The van der Waals surface area contributed by atoms with Crippen LogP contribution in [0.5, 0.6) is 5.75 Å².